The Morgan fingerprint density at radius 3 is 2.60 bits per heavy atom. The van der Waals surface area contributed by atoms with Gasteiger partial charge in [0.15, 0.2) is 0 Å². The first-order valence-electron chi connectivity index (χ1n) is 1.33. The third-order valence-corrected chi connectivity index (χ3v) is 0.410. The maximum Gasteiger partial charge on any atom is 0.218 e. The summed E-state index contributed by atoms with van der Waals surface area (Å²) in [6, 6.07) is 0. The summed E-state index contributed by atoms with van der Waals surface area (Å²) < 4.78 is 4.32. The van der Waals surface area contributed by atoms with Gasteiger partial charge in [-0.15, -0.1) is 0 Å². The monoisotopic (exact) mass is 75.0 g/mol. The number of hydrogen-bond donors (Lipinski definition) is 0. The van der Waals surface area contributed by atoms with Crippen LogP contribution in [-0.4, -0.2) is 12.9 Å². The van der Waals surface area contributed by atoms with Crippen LogP contribution in [0.5, 0.6) is 0 Å². The normalized spacial score (nSPS) is 34.2. The summed E-state index contributed by atoms with van der Waals surface area (Å²) in [6.45, 7) is 0.476. The Balaban J connectivity index is 2.00. The van der Waals surface area contributed by atoms with Gasteiger partial charge < -0.3 is 4.74 Å². The Hall–Kier alpha value is -0.120. The van der Waals surface area contributed by atoms with Gasteiger partial charge >= 0.3 is 0 Å². The fourth-order valence-electron chi connectivity index (χ4n) is 0.0948. The van der Waals surface area contributed by atoms with E-state index in [1.807, 2.05) is 0 Å². The van der Waals surface area contributed by atoms with Crippen LogP contribution in [0.15, 0.2) is 0 Å². The Kier molecular flexibility index (Phi) is 0.574. The van der Waals surface area contributed by atoms with E-state index in [0.29, 0.717) is 6.61 Å². The first-order chi connectivity index (χ1) is 2.43. The maximum absolute atomic E-state index is 9.07. The van der Waals surface area contributed by atoms with Crippen molar-refractivity contribution in [3.8, 4) is 0 Å². The van der Waals surface area contributed by atoms with Gasteiger partial charge in [0.05, 0.1) is 0 Å². The molecule has 0 aromatic carbocycles. The van der Waals surface area contributed by atoms with Crippen LogP contribution in [-0.2, 0) is 14.9 Å². The van der Waals surface area contributed by atoms with Gasteiger partial charge in [0, 0.05) is 0 Å². The van der Waals surface area contributed by atoms with Gasteiger partial charge in [-0.1, -0.05) is 0 Å². The Morgan fingerprint density at radius 1 is 2.00 bits per heavy atom. The minimum atomic E-state index is -0.421. The minimum Gasteiger partial charge on any atom is -0.342 e. The van der Waals surface area contributed by atoms with Crippen LogP contribution in [0.3, 0.4) is 0 Å². The molecular formula is C2H3O3. The van der Waals surface area contributed by atoms with Crippen LogP contribution >= 0.6 is 0 Å². The van der Waals surface area contributed by atoms with Gasteiger partial charge in [0.1, 0.15) is 6.61 Å². The number of ether oxygens (including phenoxy) is 1. The van der Waals surface area contributed by atoms with E-state index in [4.69, 9.17) is 5.26 Å². The van der Waals surface area contributed by atoms with E-state index >= 15 is 0 Å². The molecule has 0 saturated carbocycles. The average molecular weight is 75.0 g/mol. The zero-order valence-corrected chi connectivity index (χ0v) is 2.51. The predicted octanol–water partition coefficient (Wildman–Crippen LogP) is -0.295. The zero-order valence-electron chi connectivity index (χ0n) is 2.51. The lowest BCUT2D eigenvalue weighted by molar-refractivity contribution is -0.330. The van der Waals surface area contributed by atoms with E-state index in [2.05, 4.69) is 9.62 Å². The van der Waals surface area contributed by atoms with Crippen LogP contribution < -0.4 is 0 Å². The van der Waals surface area contributed by atoms with Crippen LogP contribution in [0.1, 0.15) is 0 Å². The molecule has 0 N–H and O–H groups in total. The van der Waals surface area contributed by atoms with E-state index < -0.39 is 6.29 Å². The van der Waals surface area contributed by atoms with Gasteiger partial charge in [-0.05, 0) is 5.26 Å². The highest BCUT2D eigenvalue weighted by atomic mass is 17.2. The predicted molar refractivity (Wildman–Crippen MR) is 11.5 cm³/mol. The molecule has 0 amide bonds. The summed E-state index contributed by atoms with van der Waals surface area (Å²) in [4.78, 5) is 3.39. The lowest BCUT2D eigenvalue weighted by Crippen LogP contribution is -1.82. The second kappa shape index (κ2) is 0.931. The van der Waals surface area contributed by atoms with Crippen molar-refractivity contribution in [1.82, 2.24) is 0 Å². The van der Waals surface area contributed by atoms with Crippen LogP contribution in [0, 0.1) is 0 Å². The van der Waals surface area contributed by atoms with Gasteiger partial charge in [0.2, 0.25) is 6.29 Å². The molecule has 0 spiro atoms. The van der Waals surface area contributed by atoms with Gasteiger partial charge in [-0.2, -0.15) is 4.89 Å². The molecule has 29 valence electrons. The van der Waals surface area contributed by atoms with Crippen LogP contribution in [0.2, 0.25) is 0 Å². The largest absolute Gasteiger partial charge is 0.342 e. The highest BCUT2D eigenvalue weighted by Crippen LogP contribution is 2.06. The summed E-state index contributed by atoms with van der Waals surface area (Å²) in [7, 11) is 0. The summed E-state index contributed by atoms with van der Waals surface area (Å²) >= 11 is 0. The topological polar surface area (TPSA) is 41.7 Å². The van der Waals surface area contributed by atoms with Crippen molar-refractivity contribution in [3.63, 3.8) is 0 Å². The summed E-state index contributed by atoms with van der Waals surface area (Å²) in [6.07, 6.45) is -0.421. The standard InChI is InChI=1S/C2H3O3/c3-5-2-1-4-2/h2H,1H2. The van der Waals surface area contributed by atoms with E-state index in [1.165, 1.54) is 0 Å². The van der Waals surface area contributed by atoms with Crippen molar-refractivity contribution in [1.29, 1.82) is 0 Å². The lowest BCUT2D eigenvalue weighted by Gasteiger charge is -1.69. The van der Waals surface area contributed by atoms with E-state index in [1.54, 1.807) is 0 Å². The molecule has 5 heavy (non-hydrogen) atoms. The number of hydrogen-bond acceptors (Lipinski definition) is 2. The molecule has 0 aliphatic carbocycles. The molecule has 3 nitrogen and oxygen atoms in total. The second-order valence-corrected chi connectivity index (χ2v) is 0.859. The lowest BCUT2D eigenvalue weighted by atomic mass is 10.9. The molecule has 3 heteroatoms. The van der Waals surface area contributed by atoms with E-state index in [-0.39, 0.29) is 0 Å². The quantitative estimate of drug-likeness (QED) is 0.244. The molecule has 1 unspecified atom stereocenters. The Labute approximate surface area is 29.0 Å². The average Bonchev–Trinajstić information content (AvgIpc) is 2.12. The number of rotatable bonds is 1. The van der Waals surface area contributed by atoms with Crippen molar-refractivity contribution >= 4 is 0 Å². The molecule has 1 radical (unpaired) electrons. The van der Waals surface area contributed by atoms with Gasteiger partial charge in [-0.3, -0.25) is 0 Å². The third-order valence-electron chi connectivity index (χ3n) is 0.410. The van der Waals surface area contributed by atoms with Crippen molar-refractivity contribution < 1.29 is 14.9 Å². The third kappa shape index (κ3) is 0.576. The number of epoxide rings is 1. The molecule has 1 rings (SSSR count). The highest BCUT2D eigenvalue weighted by Gasteiger charge is 2.23. The van der Waals surface area contributed by atoms with Crippen molar-refractivity contribution in [3.05, 3.63) is 0 Å². The minimum absolute atomic E-state index is 0.421. The molecular weight excluding hydrogens is 72.0 g/mol. The molecule has 0 aromatic heterocycles. The molecule has 1 saturated heterocycles. The first kappa shape index (κ1) is 3.08. The smallest absolute Gasteiger partial charge is 0.218 e. The molecule has 1 heterocycles. The highest BCUT2D eigenvalue weighted by molar-refractivity contribution is 4.50. The Morgan fingerprint density at radius 2 is 2.60 bits per heavy atom. The van der Waals surface area contributed by atoms with Crippen molar-refractivity contribution in [2.24, 2.45) is 0 Å². The molecule has 1 atom stereocenters. The molecule has 1 aliphatic heterocycles. The molecule has 1 fully saturated rings. The van der Waals surface area contributed by atoms with Gasteiger partial charge in [-0.25, -0.2) is 0 Å². The van der Waals surface area contributed by atoms with Gasteiger partial charge in [0.25, 0.3) is 0 Å². The van der Waals surface area contributed by atoms with Crippen LogP contribution in [0.25, 0.3) is 0 Å². The van der Waals surface area contributed by atoms with E-state index in [9.17, 15) is 0 Å². The summed E-state index contributed by atoms with van der Waals surface area (Å²) in [5.41, 5.74) is 0. The Bertz CT molecular complexity index is 31.9. The molecule has 0 aromatic rings. The summed E-state index contributed by atoms with van der Waals surface area (Å²) in [5.74, 6) is 0. The fraction of sp³-hybridized carbons (Fsp3) is 1.00. The van der Waals surface area contributed by atoms with E-state index in [0.717, 1.165) is 0 Å². The zero-order chi connectivity index (χ0) is 3.70. The first-order valence-corrected chi connectivity index (χ1v) is 1.33. The van der Waals surface area contributed by atoms with Crippen LogP contribution in [0.4, 0.5) is 0 Å². The summed E-state index contributed by atoms with van der Waals surface area (Å²) in [5, 5.41) is 9.07. The van der Waals surface area contributed by atoms with Crippen molar-refractivity contribution in [2.75, 3.05) is 6.61 Å². The van der Waals surface area contributed by atoms with Crippen molar-refractivity contribution in [2.45, 2.75) is 6.29 Å². The fourth-order valence-corrected chi connectivity index (χ4v) is 0.0948. The molecule has 0 bridgehead atoms. The SMILES string of the molecule is [O]OC1CO1. The molecule has 1 aliphatic rings. The maximum atomic E-state index is 9.07. The second-order valence-electron chi connectivity index (χ2n) is 0.859.